The molecule has 0 fully saturated rings. The van der Waals surface area contributed by atoms with E-state index >= 15 is 0 Å². The average molecular weight is 1260 g/mol. The number of nitrogens with zero attached hydrogens (tertiary/aromatic N) is 3. The number of hydrogen-bond donors (Lipinski definition) is 0. The molecule has 0 aromatic heterocycles. The van der Waals surface area contributed by atoms with Crippen LogP contribution in [0, 0.1) is 13.8 Å². The van der Waals surface area contributed by atoms with Crippen LogP contribution in [0.1, 0.15) is 267 Å². The van der Waals surface area contributed by atoms with Crippen molar-refractivity contribution in [1.82, 2.24) is 0 Å². The van der Waals surface area contributed by atoms with Crippen molar-refractivity contribution < 1.29 is 0 Å². The van der Waals surface area contributed by atoms with Crippen molar-refractivity contribution in [1.29, 1.82) is 0 Å². The Labute approximate surface area is 578 Å². The standard InChI is InChI=1S/C92H106BN3/c1-55-45-66-68(87(13,14)43-41-85(66,9)10)51-76(55)95-78-53-72-70(89(17,18)62-29-25-27-31-64(62)91(72,21)22)49-74(78)93-75-50-71-73(92(23,24)65-32-28-26-30-63(65)90(71,19)20)54-79(75)96(77-52-69-67(46-56(77)2)86(11,12)42-44-88(69,15)16)81-48-61(47-80(95)82(81)93)94(59-37-33-57(34-38-59)83(3,4)5)60-39-35-58(36-40-60)84(6,7)8/h25-40,45-54H,41-44H2,1-24H3. The van der Waals surface area contributed by atoms with Crippen LogP contribution in [0.2, 0.25) is 0 Å². The van der Waals surface area contributed by atoms with E-state index < -0.39 is 0 Å². The Bertz CT molecular complexity index is 4450. The molecule has 6 aliphatic rings. The van der Waals surface area contributed by atoms with E-state index in [1.807, 2.05) is 0 Å². The number of rotatable bonds is 5. The maximum atomic E-state index is 2.81. The Morgan fingerprint density at radius 2 is 0.583 bits per heavy atom. The van der Waals surface area contributed by atoms with Crippen LogP contribution < -0.4 is 31.1 Å². The lowest BCUT2D eigenvalue weighted by molar-refractivity contribution is 0.332. The fraction of sp³-hybridized carbons (Fsp3) is 0.413. The molecule has 4 aliphatic carbocycles. The monoisotopic (exact) mass is 1260 g/mol. The number of fused-ring (bicyclic) bond motifs is 10. The number of aryl methyl sites for hydroxylation is 2. The number of benzene rings is 9. The predicted octanol–water partition coefficient (Wildman–Crippen LogP) is 23.1. The summed E-state index contributed by atoms with van der Waals surface area (Å²) in [4.78, 5) is 8.21. The molecule has 0 atom stereocenters. The van der Waals surface area contributed by atoms with Crippen LogP contribution >= 0.6 is 0 Å². The van der Waals surface area contributed by atoms with E-state index in [1.165, 1.54) is 140 Å². The molecule has 9 aromatic rings. The van der Waals surface area contributed by atoms with Gasteiger partial charge in [-0.25, -0.2) is 0 Å². The number of anilines is 9. The van der Waals surface area contributed by atoms with Crippen LogP contribution in [-0.4, -0.2) is 6.71 Å². The third kappa shape index (κ3) is 9.30. The van der Waals surface area contributed by atoms with E-state index in [9.17, 15) is 0 Å². The summed E-state index contributed by atoms with van der Waals surface area (Å²) in [5, 5.41) is 0. The van der Waals surface area contributed by atoms with Crippen molar-refractivity contribution in [3.63, 3.8) is 0 Å². The highest BCUT2D eigenvalue weighted by Crippen LogP contribution is 2.59. The lowest BCUT2D eigenvalue weighted by Crippen LogP contribution is -2.62. The van der Waals surface area contributed by atoms with E-state index in [-0.39, 0.29) is 60.9 Å². The Balaban J connectivity index is 1.15. The molecule has 0 N–H and O–H groups in total. The van der Waals surface area contributed by atoms with Crippen molar-refractivity contribution in [3.8, 4) is 0 Å². The molecule has 9 aromatic carbocycles. The maximum absolute atomic E-state index is 2.81. The molecular formula is C92H106BN3. The minimum Gasteiger partial charge on any atom is -0.311 e. The molecule has 2 aliphatic heterocycles. The first-order valence-corrected chi connectivity index (χ1v) is 36.4. The predicted molar refractivity (Wildman–Crippen MR) is 414 cm³/mol. The van der Waals surface area contributed by atoms with Crippen molar-refractivity contribution in [2.24, 2.45) is 0 Å². The van der Waals surface area contributed by atoms with Crippen molar-refractivity contribution in [3.05, 3.63) is 247 Å². The van der Waals surface area contributed by atoms with Gasteiger partial charge in [0.15, 0.2) is 0 Å². The van der Waals surface area contributed by atoms with Gasteiger partial charge in [-0.1, -0.05) is 249 Å². The van der Waals surface area contributed by atoms with Gasteiger partial charge in [0.25, 0.3) is 6.71 Å². The third-order valence-corrected chi connectivity index (χ3v) is 25.6. The topological polar surface area (TPSA) is 9.72 Å². The second-order valence-electron chi connectivity index (χ2n) is 37.3. The first-order valence-electron chi connectivity index (χ1n) is 36.4. The molecule has 0 amide bonds. The fourth-order valence-corrected chi connectivity index (χ4v) is 19.1. The molecule has 492 valence electrons. The molecule has 4 heteroatoms. The first kappa shape index (κ1) is 64.4. The molecular weight excluding hydrogens is 1160 g/mol. The summed E-state index contributed by atoms with van der Waals surface area (Å²) in [6.45, 7) is 58.7. The normalized spacial score (nSPS) is 19.5. The first-order chi connectivity index (χ1) is 44.7. The van der Waals surface area contributed by atoms with Crippen LogP contribution in [0.15, 0.2) is 158 Å². The SMILES string of the molecule is Cc1cc2c(cc1N1c3cc4c(cc3B3c5cc6c(cc5N(c5cc7c(cc5C)C(C)(C)CCC7(C)C)c5cc(N(c7ccc(C(C)(C)C)cc7)c7ccc(C(C)(C)C)cc7)cc1c53)C(C)(C)c1ccccc1C6(C)C)C(C)(C)c1ccccc1C4(C)C)C(C)(C)CCC2(C)C. The van der Waals surface area contributed by atoms with Crippen LogP contribution in [0.25, 0.3) is 0 Å². The van der Waals surface area contributed by atoms with Crippen LogP contribution in [0.4, 0.5) is 51.2 Å². The van der Waals surface area contributed by atoms with E-state index in [2.05, 4.69) is 339 Å². The smallest absolute Gasteiger partial charge is 0.252 e. The Morgan fingerprint density at radius 3 is 0.885 bits per heavy atom. The summed E-state index contributed by atoms with van der Waals surface area (Å²) in [7, 11) is 0. The fourth-order valence-electron chi connectivity index (χ4n) is 19.1. The molecule has 15 rings (SSSR count). The lowest BCUT2D eigenvalue weighted by Gasteiger charge is -2.50. The molecule has 0 bridgehead atoms. The Morgan fingerprint density at radius 1 is 0.302 bits per heavy atom. The zero-order valence-corrected chi connectivity index (χ0v) is 62.8. The summed E-state index contributed by atoms with van der Waals surface area (Å²) >= 11 is 0. The van der Waals surface area contributed by atoms with Gasteiger partial charge < -0.3 is 14.7 Å². The largest absolute Gasteiger partial charge is 0.311 e. The molecule has 0 unspecified atom stereocenters. The van der Waals surface area contributed by atoms with Crippen LogP contribution in [0.5, 0.6) is 0 Å². The van der Waals surface area contributed by atoms with E-state index in [0.29, 0.717) is 0 Å². The highest BCUT2D eigenvalue weighted by Gasteiger charge is 2.52. The molecule has 0 spiro atoms. The maximum Gasteiger partial charge on any atom is 0.252 e. The minimum absolute atomic E-state index is 0.0202. The van der Waals surface area contributed by atoms with Gasteiger partial charge >= 0.3 is 0 Å². The molecule has 0 saturated carbocycles. The summed E-state index contributed by atoms with van der Waals surface area (Å²) < 4.78 is 0. The van der Waals surface area contributed by atoms with Gasteiger partial charge in [-0.3, -0.25) is 0 Å². The molecule has 3 nitrogen and oxygen atoms in total. The zero-order chi connectivity index (χ0) is 68.7. The molecule has 0 radical (unpaired) electrons. The van der Waals surface area contributed by atoms with E-state index in [1.54, 1.807) is 0 Å². The lowest BCUT2D eigenvalue weighted by atomic mass is 9.32. The van der Waals surface area contributed by atoms with E-state index in [4.69, 9.17) is 0 Å². The second-order valence-corrected chi connectivity index (χ2v) is 37.3. The molecule has 96 heavy (non-hydrogen) atoms. The van der Waals surface area contributed by atoms with Gasteiger partial charge in [0.1, 0.15) is 0 Å². The van der Waals surface area contributed by atoms with Gasteiger partial charge in [-0.15, -0.1) is 0 Å². The minimum atomic E-state index is -0.294. The van der Waals surface area contributed by atoms with Gasteiger partial charge in [0, 0.05) is 67.2 Å². The van der Waals surface area contributed by atoms with Gasteiger partial charge in [0.2, 0.25) is 0 Å². The van der Waals surface area contributed by atoms with Crippen LogP contribution in [-0.2, 0) is 54.1 Å². The van der Waals surface area contributed by atoms with Crippen molar-refractivity contribution >= 4 is 74.3 Å². The third-order valence-electron chi connectivity index (χ3n) is 25.6. The summed E-state index contributed by atoms with van der Waals surface area (Å²) in [5.41, 5.74) is 36.4. The van der Waals surface area contributed by atoms with Crippen LogP contribution in [0.3, 0.4) is 0 Å². The molecule has 0 saturated heterocycles. The number of hydrogen-bond acceptors (Lipinski definition) is 3. The highest BCUT2D eigenvalue weighted by atomic mass is 15.2. The van der Waals surface area contributed by atoms with Gasteiger partial charge in [-0.2, -0.15) is 0 Å². The van der Waals surface area contributed by atoms with Crippen molar-refractivity contribution in [2.75, 3.05) is 14.7 Å². The van der Waals surface area contributed by atoms with Gasteiger partial charge in [-0.05, 0) is 238 Å². The zero-order valence-electron chi connectivity index (χ0n) is 62.8. The Kier molecular flexibility index (Phi) is 13.8. The average Bonchev–Trinajstić information content (AvgIpc) is 0.676. The summed E-state index contributed by atoms with van der Waals surface area (Å²) in [6.07, 6.45) is 4.58. The quantitative estimate of drug-likeness (QED) is 0.159. The summed E-state index contributed by atoms with van der Waals surface area (Å²) in [6, 6.07) is 64.6. The van der Waals surface area contributed by atoms with Gasteiger partial charge in [0.05, 0.1) is 5.69 Å². The highest BCUT2D eigenvalue weighted by molar-refractivity contribution is 7.00. The van der Waals surface area contributed by atoms with E-state index in [0.717, 1.165) is 42.7 Å². The Hall–Kier alpha value is -7.56. The summed E-state index contributed by atoms with van der Waals surface area (Å²) in [5.74, 6) is 0. The molecule has 2 heterocycles. The van der Waals surface area contributed by atoms with Crippen molar-refractivity contribution in [2.45, 2.75) is 246 Å². The second kappa shape index (κ2) is 20.5.